The van der Waals surface area contributed by atoms with Crippen molar-refractivity contribution in [3.8, 4) is 0 Å². The maximum Gasteiger partial charge on any atom is 0.252 e. The third kappa shape index (κ3) is 3.92. The second kappa shape index (κ2) is 6.86. The van der Waals surface area contributed by atoms with Crippen LogP contribution in [0.4, 0.5) is 0 Å². The molecule has 0 saturated carbocycles. The first kappa shape index (κ1) is 14.3. The van der Waals surface area contributed by atoms with Crippen LogP contribution >= 0.6 is 0 Å². The SMILES string of the molecule is CCC(=O)c1cnccc1C(=O)NCCN(C)C. The molecule has 0 saturated heterocycles. The van der Waals surface area contributed by atoms with Crippen LogP contribution in [0.1, 0.15) is 34.1 Å². The van der Waals surface area contributed by atoms with Crippen molar-refractivity contribution in [2.24, 2.45) is 0 Å². The Hall–Kier alpha value is -1.75. The number of rotatable bonds is 6. The highest BCUT2D eigenvalue weighted by Crippen LogP contribution is 2.09. The molecule has 0 spiro atoms. The van der Waals surface area contributed by atoms with Gasteiger partial charge in [-0.2, -0.15) is 0 Å². The average Bonchev–Trinajstić information content (AvgIpc) is 2.37. The molecule has 5 heteroatoms. The Morgan fingerprint density at radius 2 is 2.06 bits per heavy atom. The Morgan fingerprint density at radius 1 is 1.33 bits per heavy atom. The lowest BCUT2D eigenvalue weighted by Gasteiger charge is -2.11. The highest BCUT2D eigenvalue weighted by molar-refractivity contribution is 6.07. The van der Waals surface area contributed by atoms with Gasteiger partial charge in [0.25, 0.3) is 5.91 Å². The summed E-state index contributed by atoms with van der Waals surface area (Å²) in [6.45, 7) is 3.07. The highest BCUT2D eigenvalue weighted by Gasteiger charge is 2.15. The predicted octanol–water partition coefficient (Wildman–Crippen LogP) is 0.966. The quantitative estimate of drug-likeness (QED) is 0.763. The topological polar surface area (TPSA) is 62.3 Å². The summed E-state index contributed by atoms with van der Waals surface area (Å²) in [5.41, 5.74) is 0.790. The summed E-state index contributed by atoms with van der Waals surface area (Å²) in [6.07, 6.45) is 3.34. The van der Waals surface area contributed by atoms with Crippen molar-refractivity contribution in [2.75, 3.05) is 27.2 Å². The molecule has 0 aliphatic carbocycles. The van der Waals surface area contributed by atoms with Crippen molar-refractivity contribution in [1.29, 1.82) is 0 Å². The molecule has 98 valence electrons. The summed E-state index contributed by atoms with van der Waals surface area (Å²) in [6, 6.07) is 1.58. The molecule has 1 rings (SSSR count). The van der Waals surface area contributed by atoms with Crippen molar-refractivity contribution in [3.05, 3.63) is 29.6 Å². The first-order valence-electron chi connectivity index (χ1n) is 5.96. The number of hydrogen-bond donors (Lipinski definition) is 1. The predicted molar refractivity (Wildman–Crippen MR) is 69.7 cm³/mol. The zero-order valence-electron chi connectivity index (χ0n) is 11.1. The Kier molecular flexibility index (Phi) is 5.45. The van der Waals surface area contributed by atoms with E-state index in [-0.39, 0.29) is 11.7 Å². The number of nitrogens with one attached hydrogen (secondary N) is 1. The normalized spacial score (nSPS) is 10.4. The average molecular weight is 249 g/mol. The van der Waals surface area contributed by atoms with Gasteiger partial charge in [0.05, 0.1) is 5.56 Å². The van der Waals surface area contributed by atoms with E-state index in [2.05, 4.69) is 10.3 Å². The molecule has 0 aromatic carbocycles. The third-order valence-electron chi connectivity index (χ3n) is 2.53. The van der Waals surface area contributed by atoms with E-state index in [1.807, 2.05) is 19.0 Å². The minimum absolute atomic E-state index is 0.0686. The number of carbonyl (C=O) groups excluding carboxylic acids is 2. The number of hydrogen-bond acceptors (Lipinski definition) is 4. The fourth-order valence-corrected chi connectivity index (χ4v) is 1.49. The van der Waals surface area contributed by atoms with E-state index in [1.54, 1.807) is 13.0 Å². The standard InChI is InChI=1S/C13H19N3O2/c1-4-12(17)11-9-14-6-5-10(11)13(18)15-7-8-16(2)3/h5-6,9H,4,7-8H2,1-3H3,(H,15,18). The maximum atomic E-state index is 12.0. The van der Waals surface area contributed by atoms with Crippen molar-refractivity contribution in [1.82, 2.24) is 15.2 Å². The Balaban J connectivity index is 2.76. The number of ketones is 1. The number of Topliss-reactive ketones (excluding diaryl/α,β-unsaturated/α-hetero) is 1. The number of amides is 1. The summed E-state index contributed by atoms with van der Waals surface area (Å²) < 4.78 is 0. The van der Waals surface area contributed by atoms with Gasteiger partial charge in [0.1, 0.15) is 0 Å². The first-order chi connectivity index (χ1) is 8.56. The second-order valence-corrected chi connectivity index (χ2v) is 4.26. The highest BCUT2D eigenvalue weighted by atomic mass is 16.2. The minimum atomic E-state index is -0.226. The van der Waals surface area contributed by atoms with Gasteiger partial charge in [-0.05, 0) is 20.2 Å². The lowest BCUT2D eigenvalue weighted by atomic mass is 10.0. The van der Waals surface area contributed by atoms with Crippen LogP contribution in [0.25, 0.3) is 0 Å². The van der Waals surface area contributed by atoms with Crippen LogP contribution in [-0.2, 0) is 0 Å². The van der Waals surface area contributed by atoms with Crippen LogP contribution in [0, 0.1) is 0 Å². The number of pyridine rings is 1. The fourth-order valence-electron chi connectivity index (χ4n) is 1.49. The van der Waals surface area contributed by atoms with Gasteiger partial charge in [0.2, 0.25) is 0 Å². The van der Waals surface area contributed by atoms with Crippen LogP contribution < -0.4 is 5.32 Å². The minimum Gasteiger partial charge on any atom is -0.351 e. The zero-order valence-corrected chi connectivity index (χ0v) is 11.1. The summed E-state index contributed by atoms with van der Waals surface area (Å²) in [4.78, 5) is 29.5. The molecular formula is C13H19N3O2. The molecule has 0 unspecified atom stereocenters. The molecule has 1 aromatic heterocycles. The molecule has 0 fully saturated rings. The van der Waals surface area contributed by atoms with Crippen LogP contribution in [0.2, 0.25) is 0 Å². The maximum absolute atomic E-state index is 12.0. The van der Waals surface area contributed by atoms with Gasteiger partial charge < -0.3 is 10.2 Å². The van der Waals surface area contributed by atoms with Crippen molar-refractivity contribution >= 4 is 11.7 Å². The fraction of sp³-hybridized carbons (Fsp3) is 0.462. The van der Waals surface area contributed by atoms with Crippen LogP contribution in [0.3, 0.4) is 0 Å². The molecule has 1 N–H and O–H groups in total. The number of likely N-dealkylation sites (N-methyl/N-ethyl adjacent to an activating group) is 1. The lowest BCUT2D eigenvalue weighted by Crippen LogP contribution is -2.32. The summed E-state index contributed by atoms with van der Waals surface area (Å²) in [7, 11) is 3.87. The molecular weight excluding hydrogens is 230 g/mol. The molecule has 1 amide bonds. The van der Waals surface area contributed by atoms with Gasteiger partial charge in [-0.25, -0.2) is 0 Å². The number of nitrogens with zero attached hydrogens (tertiary/aromatic N) is 2. The Labute approximate surface area is 107 Å². The van der Waals surface area contributed by atoms with E-state index in [0.29, 0.717) is 24.1 Å². The molecule has 0 radical (unpaired) electrons. The Morgan fingerprint density at radius 3 is 2.67 bits per heavy atom. The monoisotopic (exact) mass is 249 g/mol. The zero-order chi connectivity index (χ0) is 13.5. The van der Waals surface area contributed by atoms with Crippen LogP contribution in [0.15, 0.2) is 18.5 Å². The molecule has 0 atom stereocenters. The second-order valence-electron chi connectivity index (χ2n) is 4.26. The van der Waals surface area contributed by atoms with Gasteiger partial charge in [-0.15, -0.1) is 0 Å². The molecule has 0 aliphatic heterocycles. The van der Waals surface area contributed by atoms with Gasteiger partial charge in [-0.3, -0.25) is 14.6 Å². The van der Waals surface area contributed by atoms with Gasteiger partial charge in [0.15, 0.2) is 5.78 Å². The van der Waals surface area contributed by atoms with E-state index in [9.17, 15) is 9.59 Å². The smallest absolute Gasteiger partial charge is 0.252 e. The largest absolute Gasteiger partial charge is 0.351 e. The molecule has 5 nitrogen and oxygen atoms in total. The number of carbonyl (C=O) groups is 2. The molecule has 0 bridgehead atoms. The molecule has 18 heavy (non-hydrogen) atoms. The summed E-state index contributed by atoms with van der Waals surface area (Å²) in [5, 5.41) is 2.79. The van der Waals surface area contributed by atoms with E-state index < -0.39 is 0 Å². The van der Waals surface area contributed by atoms with Crippen molar-refractivity contribution in [2.45, 2.75) is 13.3 Å². The molecule has 1 heterocycles. The number of aromatic nitrogens is 1. The summed E-state index contributed by atoms with van der Waals surface area (Å²) >= 11 is 0. The Bertz CT molecular complexity index is 430. The van der Waals surface area contributed by atoms with Crippen molar-refractivity contribution < 1.29 is 9.59 Å². The van der Waals surface area contributed by atoms with Gasteiger partial charge in [0, 0.05) is 37.5 Å². The summed E-state index contributed by atoms with van der Waals surface area (Å²) in [5.74, 6) is -0.295. The van der Waals surface area contributed by atoms with Crippen molar-refractivity contribution in [3.63, 3.8) is 0 Å². The van der Waals surface area contributed by atoms with E-state index in [1.165, 1.54) is 12.4 Å². The van der Waals surface area contributed by atoms with Crippen LogP contribution in [-0.4, -0.2) is 48.8 Å². The van der Waals surface area contributed by atoms with Crippen LogP contribution in [0.5, 0.6) is 0 Å². The van der Waals surface area contributed by atoms with Gasteiger partial charge >= 0.3 is 0 Å². The van der Waals surface area contributed by atoms with Gasteiger partial charge in [-0.1, -0.05) is 6.92 Å². The van der Waals surface area contributed by atoms with E-state index in [0.717, 1.165) is 6.54 Å². The third-order valence-corrected chi connectivity index (χ3v) is 2.53. The first-order valence-corrected chi connectivity index (χ1v) is 5.96. The van der Waals surface area contributed by atoms with E-state index in [4.69, 9.17) is 0 Å². The molecule has 1 aromatic rings. The lowest BCUT2D eigenvalue weighted by molar-refractivity contribution is 0.0931. The van der Waals surface area contributed by atoms with E-state index >= 15 is 0 Å². The molecule has 0 aliphatic rings.